The number of primary amides is 1. The van der Waals surface area contributed by atoms with Crippen molar-refractivity contribution in [3.8, 4) is 11.4 Å². The number of aromatic nitrogens is 5. The number of nitrogens with two attached hydrogens (primary N) is 1. The zero-order chi connectivity index (χ0) is 19.0. The van der Waals surface area contributed by atoms with Gasteiger partial charge in [-0.2, -0.15) is 10.2 Å². The summed E-state index contributed by atoms with van der Waals surface area (Å²) in [5.74, 6) is 1.47. The van der Waals surface area contributed by atoms with Crippen LogP contribution in [0.25, 0.3) is 11.4 Å². The van der Waals surface area contributed by atoms with Crippen molar-refractivity contribution >= 4 is 5.91 Å². The topological polar surface area (TPSA) is 102 Å². The third kappa shape index (κ3) is 3.25. The van der Waals surface area contributed by atoms with Crippen LogP contribution in [0.15, 0.2) is 30.5 Å². The molecular formula is C20H24N6O. The Morgan fingerprint density at radius 2 is 2.11 bits per heavy atom. The minimum atomic E-state index is -0.415. The molecule has 2 heterocycles. The molecule has 0 radical (unpaired) electrons. The number of carbonyl (C=O) groups is 1. The van der Waals surface area contributed by atoms with Gasteiger partial charge in [0.05, 0.1) is 6.20 Å². The quantitative estimate of drug-likeness (QED) is 0.726. The number of nitrogens with one attached hydrogen (secondary N) is 1. The number of nitrogens with zero attached hydrogens (tertiary/aromatic N) is 4. The molecule has 0 bridgehead atoms. The molecule has 1 aliphatic rings. The fourth-order valence-corrected chi connectivity index (χ4v) is 3.94. The molecule has 1 aliphatic carbocycles. The highest BCUT2D eigenvalue weighted by atomic mass is 16.1. The van der Waals surface area contributed by atoms with Crippen LogP contribution in [0.3, 0.4) is 0 Å². The van der Waals surface area contributed by atoms with Gasteiger partial charge in [0.25, 0.3) is 0 Å². The van der Waals surface area contributed by atoms with E-state index in [0.29, 0.717) is 5.82 Å². The van der Waals surface area contributed by atoms with Crippen molar-refractivity contribution in [3.05, 3.63) is 53.1 Å². The largest absolute Gasteiger partial charge is 0.368 e. The SMILES string of the molecule is CCc1ccc(-c2nc(C3CCc4[nH]ncc4C3C)n(CC(N)=O)n2)cc1. The predicted octanol–water partition coefficient (Wildman–Crippen LogP) is 2.55. The summed E-state index contributed by atoms with van der Waals surface area (Å²) < 4.78 is 1.68. The monoisotopic (exact) mass is 364 g/mol. The van der Waals surface area contributed by atoms with E-state index in [0.717, 1.165) is 30.7 Å². The van der Waals surface area contributed by atoms with Crippen molar-refractivity contribution < 1.29 is 4.79 Å². The predicted molar refractivity (Wildman–Crippen MR) is 102 cm³/mol. The molecule has 0 aliphatic heterocycles. The van der Waals surface area contributed by atoms with Gasteiger partial charge < -0.3 is 5.73 Å². The van der Waals surface area contributed by atoms with Crippen molar-refractivity contribution in [1.82, 2.24) is 25.0 Å². The maximum absolute atomic E-state index is 11.6. The first-order valence-electron chi connectivity index (χ1n) is 9.41. The molecule has 3 N–H and O–H groups in total. The van der Waals surface area contributed by atoms with E-state index in [1.165, 1.54) is 16.8 Å². The zero-order valence-electron chi connectivity index (χ0n) is 15.6. The van der Waals surface area contributed by atoms with Crippen LogP contribution in [0, 0.1) is 0 Å². The highest BCUT2D eigenvalue weighted by Crippen LogP contribution is 2.41. The molecule has 1 aromatic carbocycles. The number of rotatable bonds is 5. The van der Waals surface area contributed by atoms with Crippen LogP contribution in [-0.2, 0) is 24.2 Å². The number of carbonyl (C=O) groups excluding carboxylic acids is 1. The smallest absolute Gasteiger partial charge is 0.239 e. The van der Waals surface area contributed by atoms with Gasteiger partial charge in [0, 0.05) is 17.2 Å². The summed E-state index contributed by atoms with van der Waals surface area (Å²) in [4.78, 5) is 16.4. The minimum absolute atomic E-state index is 0.0385. The molecule has 0 fully saturated rings. The third-order valence-corrected chi connectivity index (χ3v) is 5.51. The normalized spacial score (nSPS) is 19.0. The zero-order valence-corrected chi connectivity index (χ0v) is 15.6. The van der Waals surface area contributed by atoms with Crippen LogP contribution < -0.4 is 5.73 Å². The van der Waals surface area contributed by atoms with Gasteiger partial charge in [-0.3, -0.25) is 9.89 Å². The lowest BCUT2D eigenvalue weighted by Crippen LogP contribution is -2.25. The Hall–Kier alpha value is -2.96. The summed E-state index contributed by atoms with van der Waals surface area (Å²) in [6.45, 7) is 4.34. The van der Waals surface area contributed by atoms with E-state index < -0.39 is 5.91 Å². The lowest BCUT2D eigenvalue weighted by molar-refractivity contribution is -0.118. The third-order valence-electron chi connectivity index (χ3n) is 5.51. The Morgan fingerprint density at radius 1 is 1.33 bits per heavy atom. The Morgan fingerprint density at radius 3 is 2.81 bits per heavy atom. The van der Waals surface area contributed by atoms with Crippen LogP contribution in [0.1, 0.15) is 54.7 Å². The van der Waals surface area contributed by atoms with Gasteiger partial charge >= 0.3 is 0 Å². The first-order chi connectivity index (χ1) is 13.1. The van der Waals surface area contributed by atoms with E-state index >= 15 is 0 Å². The van der Waals surface area contributed by atoms with Crippen LogP contribution in [-0.4, -0.2) is 30.9 Å². The van der Waals surface area contributed by atoms with Crippen molar-refractivity contribution in [2.75, 3.05) is 0 Å². The van der Waals surface area contributed by atoms with Crippen LogP contribution in [0.2, 0.25) is 0 Å². The standard InChI is InChI=1S/C20H24N6O/c1-3-13-4-6-14(7-5-13)19-23-20(26(25-19)11-18(21)27)15-8-9-17-16(12(15)2)10-22-24-17/h4-7,10,12,15H,3,8-9,11H2,1-2H3,(H2,21,27)(H,22,24). The van der Waals surface area contributed by atoms with E-state index in [4.69, 9.17) is 10.7 Å². The number of hydrogen-bond acceptors (Lipinski definition) is 4. The highest BCUT2D eigenvalue weighted by molar-refractivity contribution is 5.73. The first kappa shape index (κ1) is 17.5. The molecule has 7 nitrogen and oxygen atoms in total. The number of amides is 1. The Labute approximate surface area is 158 Å². The fourth-order valence-electron chi connectivity index (χ4n) is 3.94. The van der Waals surface area contributed by atoms with E-state index in [2.05, 4.69) is 41.3 Å². The fraction of sp³-hybridized carbons (Fsp3) is 0.400. The van der Waals surface area contributed by atoms with E-state index in [9.17, 15) is 4.79 Å². The molecule has 3 aromatic rings. The average molecular weight is 364 g/mol. The number of aryl methyl sites for hydroxylation is 2. The van der Waals surface area contributed by atoms with Gasteiger partial charge in [-0.25, -0.2) is 9.67 Å². The van der Waals surface area contributed by atoms with Crippen molar-refractivity contribution in [1.29, 1.82) is 0 Å². The molecule has 2 unspecified atom stereocenters. The molecule has 4 rings (SSSR count). The van der Waals surface area contributed by atoms with Crippen LogP contribution in [0.5, 0.6) is 0 Å². The first-order valence-corrected chi connectivity index (χ1v) is 9.41. The molecule has 7 heteroatoms. The molecule has 27 heavy (non-hydrogen) atoms. The van der Waals surface area contributed by atoms with Gasteiger partial charge in [-0.1, -0.05) is 38.1 Å². The van der Waals surface area contributed by atoms with Gasteiger partial charge in [0.1, 0.15) is 12.4 Å². The number of benzene rings is 1. The molecule has 0 spiro atoms. The van der Waals surface area contributed by atoms with Crippen molar-refractivity contribution in [2.45, 2.75) is 51.5 Å². The lowest BCUT2D eigenvalue weighted by atomic mass is 9.78. The van der Waals surface area contributed by atoms with Gasteiger partial charge in [-0.15, -0.1) is 0 Å². The minimum Gasteiger partial charge on any atom is -0.368 e. The van der Waals surface area contributed by atoms with Crippen LogP contribution >= 0.6 is 0 Å². The van der Waals surface area contributed by atoms with Crippen LogP contribution in [0.4, 0.5) is 0 Å². The maximum Gasteiger partial charge on any atom is 0.239 e. The number of H-pyrrole nitrogens is 1. The summed E-state index contributed by atoms with van der Waals surface area (Å²) in [6.07, 6.45) is 4.73. The second-order valence-corrected chi connectivity index (χ2v) is 7.21. The summed E-state index contributed by atoms with van der Waals surface area (Å²) in [5.41, 5.74) is 10.1. The molecule has 0 saturated heterocycles. The Balaban J connectivity index is 1.72. The summed E-state index contributed by atoms with van der Waals surface area (Å²) >= 11 is 0. The van der Waals surface area contributed by atoms with Crippen molar-refractivity contribution in [2.24, 2.45) is 5.73 Å². The molecule has 2 aromatic heterocycles. The Bertz CT molecular complexity index is 955. The number of hydrogen-bond donors (Lipinski definition) is 2. The molecule has 140 valence electrons. The van der Waals surface area contributed by atoms with E-state index in [1.54, 1.807) is 4.68 Å². The van der Waals surface area contributed by atoms with Gasteiger partial charge in [0.2, 0.25) is 5.91 Å². The van der Waals surface area contributed by atoms with E-state index in [1.807, 2.05) is 18.3 Å². The van der Waals surface area contributed by atoms with Gasteiger partial charge in [0.15, 0.2) is 5.82 Å². The molecule has 2 atom stereocenters. The second-order valence-electron chi connectivity index (χ2n) is 7.21. The lowest BCUT2D eigenvalue weighted by Gasteiger charge is -2.27. The summed E-state index contributed by atoms with van der Waals surface area (Å²) in [7, 11) is 0. The average Bonchev–Trinajstić information content (AvgIpc) is 3.29. The molecule has 1 amide bonds. The van der Waals surface area contributed by atoms with Crippen molar-refractivity contribution in [3.63, 3.8) is 0 Å². The molecule has 0 saturated carbocycles. The number of aromatic amines is 1. The number of fused-ring (bicyclic) bond motifs is 1. The highest BCUT2D eigenvalue weighted by Gasteiger charge is 2.33. The molecular weight excluding hydrogens is 340 g/mol. The second kappa shape index (κ2) is 6.98. The summed E-state index contributed by atoms with van der Waals surface area (Å²) in [6, 6.07) is 8.24. The van der Waals surface area contributed by atoms with Gasteiger partial charge in [-0.05, 0) is 36.3 Å². The Kier molecular flexibility index (Phi) is 4.51. The summed E-state index contributed by atoms with van der Waals surface area (Å²) in [5, 5.41) is 11.9. The van der Waals surface area contributed by atoms with E-state index in [-0.39, 0.29) is 18.4 Å². The maximum atomic E-state index is 11.6.